The molecule has 1 aromatic carbocycles. The first kappa shape index (κ1) is 11.2. The van der Waals surface area contributed by atoms with E-state index in [0.717, 1.165) is 28.2 Å². The third-order valence-electron chi connectivity index (χ3n) is 2.45. The van der Waals surface area contributed by atoms with Gasteiger partial charge >= 0.3 is 0 Å². The Bertz CT molecular complexity index is 494. The van der Waals surface area contributed by atoms with Crippen LogP contribution in [0.15, 0.2) is 23.6 Å². The summed E-state index contributed by atoms with van der Waals surface area (Å²) in [6, 6.07) is 4.84. The number of benzene rings is 1. The highest BCUT2D eigenvalue weighted by atomic mass is 32.1. The fraction of sp³-hybridized carbons (Fsp3) is 0.250. The van der Waals surface area contributed by atoms with Gasteiger partial charge in [0, 0.05) is 18.3 Å². The molecule has 0 bridgehead atoms. The molecule has 0 saturated carbocycles. The standard InChI is InChI=1S/C12H13FN2S/c1-8-4-10(13)3-2-9(8)5-11-7-16-12(6-14)15-11/h2-4,7H,5-6,14H2,1H3. The van der Waals surface area contributed by atoms with Gasteiger partial charge in [-0.15, -0.1) is 11.3 Å². The maximum Gasteiger partial charge on any atom is 0.123 e. The lowest BCUT2D eigenvalue weighted by Gasteiger charge is -2.03. The zero-order valence-corrected chi connectivity index (χ0v) is 9.85. The van der Waals surface area contributed by atoms with E-state index in [1.807, 2.05) is 18.4 Å². The van der Waals surface area contributed by atoms with E-state index in [9.17, 15) is 4.39 Å². The van der Waals surface area contributed by atoms with Gasteiger partial charge in [-0.1, -0.05) is 6.07 Å². The second kappa shape index (κ2) is 4.72. The van der Waals surface area contributed by atoms with Crippen LogP contribution in [0.2, 0.25) is 0 Å². The maximum absolute atomic E-state index is 12.9. The van der Waals surface area contributed by atoms with Crippen LogP contribution in [-0.4, -0.2) is 4.98 Å². The molecule has 4 heteroatoms. The number of rotatable bonds is 3. The molecule has 1 heterocycles. The molecule has 1 aromatic heterocycles. The van der Waals surface area contributed by atoms with Crippen molar-refractivity contribution in [2.75, 3.05) is 0 Å². The van der Waals surface area contributed by atoms with Gasteiger partial charge in [0.15, 0.2) is 0 Å². The summed E-state index contributed by atoms with van der Waals surface area (Å²) in [6.07, 6.45) is 0.739. The summed E-state index contributed by atoms with van der Waals surface area (Å²) in [4.78, 5) is 4.39. The van der Waals surface area contributed by atoms with Crippen molar-refractivity contribution in [1.82, 2.24) is 4.98 Å². The lowest BCUT2D eigenvalue weighted by molar-refractivity contribution is 0.625. The average Bonchev–Trinajstić information content (AvgIpc) is 2.70. The van der Waals surface area contributed by atoms with Crippen LogP contribution in [0.5, 0.6) is 0 Å². The van der Waals surface area contributed by atoms with Crippen molar-refractivity contribution >= 4 is 11.3 Å². The minimum Gasteiger partial charge on any atom is -0.325 e. The molecule has 2 N–H and O–H groups in total. The van der Waals surface area contributed by atoms with Gasteiger partial charge in [0.1, 0.15) is 10.8 Å². The van der Waals surface area contributed by atoms with E-state index >= 15 is 0 Å². The zero-order chi connectivity index (χ0) is 11.5. The van der Waals surface area contributed by atoms with Crippen molar-refractivity contribution in [3.63, 3.8) is 0 Å². The Hall–Kier alpha value is -1.26. The summed E-state index contributed by atoms with van der Waals surface area (Å²) in [5, 5.41) is 2.94. The molecular weight excluding hydrogens is 223 g/mol. The van der Waals surface area contributed by atoms with Crippen LogP contribution < -0.4 is 5.73 Å². The minimum atomic E-state index is -0.192. The van der Waals surface area contributed by atoms with Crippen molar-refractivity contribution in [2.45, 2.75) is 19.9 Å². The molecule has 0 spiro atoms. The van der Waals surface area contributed by atoms with E-state index in [1.54, 1.807) is 17.4 Å². The minimum absolute atomic E-state index is 0.192. The molecule has 0 saturated heterocycles. The van der Waals surface area contributed by atoms with Gasteiger partial charge < -0.3 is 5.73 Å². The van der Waals surface area contributed by atoms with Crippen LogP contribution in [0.25, 0.3) is 0 Å². The van der Waals surface area contributed by atoms with E-state index in [4.69, 9.17) is 5.73 Å². The largest absolute Gasteiger partial charge is 0.325 e. The molecule has 84 valence electrons. The second-order valence-electron chi connectivity index (χ2n) is 3.68. The van der Waals surface area contributed by atoms with Gasteiger partial charge in [-0.05, 0) is 30.2 Å². The highest BCUT2D eigenvalue weighted by Crippen LogP contribution is 2.17. The smallest absolute Gasteiger partial charge is 0.123 e. The first-order valence-corrected chi connectivity index (χ1v) is 5.95. The van der Waals surface area contributed by atoms with Crippen molar-refractivity contribution in [2.24, 2.45) is 5.73 Å². The molecule has 0 aliphatic carbocycles. The molecule has 0 atom stereocenters. The first-order valence-electron chi connectivity index (χ1n) is 5.07. The van der Waals surface area contributed by atoms with Crippen molar-refractivity contribution in [3.05, 3.63) is 51.2 Å². The van der Waals surface area contributed by atoms with Crippen LogP contribution in [0.3, 0.4) is 0 Å². The molecule has 16 heavy (non-hydrogen) atoms. The van der Waals surface area contributed by atoms with E-state index in [0.29, 0.717) is 6.54 Å². The van der Waals surface area contributed by atoms with Crippen LogP contribution in [-0.2, 0) is 13.0 Å². The Morgan fingerprint density at radius 3 is 2.88 bits per heavy atom. The normalized spacial score (nSPS) is 10.7. The summed E-state index contributed by atoms with van der Waals surface area (Å²) in [6.45, 7) is 2.39. The lowest BCUT2D eigenvalue weighted by Crippen LogP contribution is -1.97. The molecular formula is C12H13FN2S. The fourth-order valence-corrected chi connectivity index (χ4v) is 2.25. The summed E-state index contributed by atoms with van der Waals surface area (Å²) in [7, 11) is 0. The number of aryl methyl sites for hydroxylation is 1. The molecule has 0 amide bonds. The van der Waals surface area contributed by atoms with Crippen LogP contribution >= 0.6 is 11.3 Å². The third kappa shape index (κ3) is 2.46. The van der Waals surface area contributed by atoms with Gasteiger partial charge in [-0.2, -0.15) is 0 Å². The molecule has 0 fully saturated rings. The van der Waals surface area contributed by atoms with E-state index < -0.39 is 0 Å². The SMILES string of the molecule is Cc1cc(F)ccc1Cc1csc(CN)n1. The molecule has 0 aliphatic rings. The quantitative estimate of drug-likeness (QED) is 0.889. The highest BCUT2D eigenvalue weighted by Gasteiger charge is 2.05. The Morgan fingerprint density at radius 1 is 1.44 bits per heavy atom. The first-order chi connectivity index (χ1) is 7.69. The molecule has 0 aliphatic heterocycles. The van der Waals surface area contributed by atoms with Gasteiger partial charge in [-0.25, -0.2) is 9.37 Å². The predicted molar refractivity (Wildman–Crippen MR) is 63.9 cm³/mol. The van der Waals surface area contributed by atoms with Gasteiger partial charge in [0.05, 0.1) is 5.69 Å². The van der Waals surface area contributed by atoms with Gasteiger partial charge in [-0.3, -0.25) is 0 Å². The Labute approximate surface area is 97.9 Å². The third-order valence-corrected chi connectivity index (χ3v) is 3.37. The lowest BCUT2D eigenvalue weighted by atomic mass is 10.0. The number of hydrogen-bond donors (Lipinski definition) is 1. The van der Waals surface area contributed by atoms with Crippen molar-refractivity contribution in [1.29, 1.82) is 0 Å². The number of halogens is 1. The molecule has 0 radical (unpaired) electrons. The van der Waals surface area contributed by atoms with E-state index in [-0.39, 0.29) is 5.82 Å². The summed E-state index contributed by atoms with van der Waals surface area (Å²) < 4.78 is 12.9. The number of aromatic nitrogens is 1. The van der Waals surface area contributed by atoms with Gasteiger partial charge in [0.2, 0.25) is 0 Å². The zero-order valence-electron chi connectivity index (χ0n) is 9.03. The van der Waals surface area contributed by atoms with E-state index in [2.05, 4.69) is 4.98 Å². The molecule has 2 nitrogen and oxygen atoms in total. The monoisotopic (exact) mass is 236 g/mol. The summed E-state index contributed by atoms with van der Waals surface area (Å²) in [5.74, 6) is -0.192. The fourth-order valence-electron chi connectivity index (χ4n) is 1.58. The predicted octanol–water partition coefficient (Wildman–Crippen LogP) is 2.64. The molecule has 2 rings (SSSR count). The second-order valence-corrected chi connectivity index (χ2v) is 4.63. The maximum atomic E-state index is 12.9. The van der Waals surface area contributed by atoms with Crippen LogP contribution in [0.1, 0.15) is 21.8 Å². The Kier molecular flexibility index (Phi) is 3.31. The van der Waals surface area contributed by atoms with Crippen molar-refractivity contribution in [3.8, 4) is 0 Å². The number of hydrogen-bond acceptors (Lipinski definition) is 3. The Morgan fingerprint density at radius 2 is 2.25 bits per heavy atom. The van der Waals surface area contributed by atoms with Crippen LogP contribution in [0, 0.1) is 12.7 Å². The summed E-state index contributed by atoms with van der Waals surface area (Å²) in [5.41, 5.74) is 8.57. The average molecular weight is 236 g/mol. The van der Waals surface area contributed by atoms with Crippen molar-refractivity contribution < 1.29 is 4.39 Å². The number of thiazole rings is 1. The number of nitrogens with zero attached hydrogens (tertiary/aromatic N) is 1. The Balaban J connectivity index is 2.20. The van der Waals surface area contributed by atoms with Crippen LogP contribution in [0.4, 0.5) is 4.39 Å². The van der Waals surface area contributed by atoms with Gasteiger partial charge in [0.25, 0.3) is 0 Å². The topological polar surface area (TPSA) is 38.9 Å². The number of nitrogens with two attached hydrogens (primary N) is 1. The highest BCUT2D eigenvalue weighted by molar-refractivity contribution is 7.09. The summed E-state index contributed by atoms with van der Waals surface area (Å²) >= 11 is 1.57. The molecule has 0 unspecified atom stereocenters. The van der Waals surface area contributed by atoms with E-state index in [1.165, 1.54) is 6.07 Å². The molecule has 2 aromatic rings.